The lowest BCUT2D eigenvalue weighted by molar-refractivity contribution is 0.484. The molecule has 0 aliphatic carbocycles. The molecule has 0 fully saturated rings. The molecule has 7 heterocycles. The SMILES string of the molecule is CCCCC(CC)CS1(CC(CC)CCCC)c2cc(-c3c(F)cc(-c4cccs4)c4nsnc34)sc2-c2sc(-c3c(F)cc(-c4cccs4)c4nsnc34)cc21. The van der Waals surface area contributed by atoms with Crippen molar-refractivity contribution in [2.24, 2.45) is 11.8 Å². The molecule has 4 nitrogen and oxygen atoms in total. The highest BCUT2D eigenvalue weighted by molar-refractivity contribution is 8.34. The third-order valence-corrected chi connectivity index (χ3v) is 21.6. The number of halogens is 2. The van der Waals surface area contributed by atoms with Crippen LogP contribution < -0.4 is 0 Å². The lowest BCUT2D eigenvalue weighted by Crippen LogP contribution is -2.20. The van der Waals surface area contributed by atoms with Gasteiger partial charge in [-0.05, 0) is 83.3 Å². The molecule has 6 aromatic heterocycles. The van der Waals surface area contributed by atoms with Gasteiger partial charge in [0.1, 0.15) is 33.7 Å². The van der Waals surface area contributed by atoms with Gasteiger partial charge in [0.05, 0.1) is 44.3 Å². The average molecular weight is 891 g/mol. The number of benzene rings is 2. The number of hydrogen-bond acceptors (Lipinski definition) is 10. The molecule has 0 saturated carbocycles. The molecule has 2 unspecified atom stereocenters. The zero-order valence-electron chi connectivity index (χ0n) is 32.4. The molecule has 0 spiro atoms. The fraction of sp³-hybridized carbons (Fsp3) is 0.364. The van der Waals surface area contributed by atoms with Crippen LogP contribution in [0.4, 0.5) is 8.78 Å². The Labute approximate surface area is 359 Å². The van der Waals surface area contributed by atoms with Crippen LogP contribution in [0.25, 0.3) is 73.6 Å². The highest BCUT2D eigenvalue weighted by Gasteiger charge is 2.45. The fourth-order valence-corrected chi connectivity index (χ4v) is 20.1. The number of thiophene rings is 4. The zero-order valence-corrected chi connectivity index (χ0v) is 38.1. The molecule has 2 aromatic carbocycles. The number of rotatable bonds is 16. The summed E-state index contributed by atoms with van der Waals surface area (Å²) in [6, 6.07) is 16.0. The highest BCUT2D eigenvalue weighted by atomic mass is 32.3. The summed E-state index contributed by atoms with van der Waals surface area (Å²) in [5, 5.41) is 4.03. The number of aromatic nitrogens is 4. The Morgan fingerprint density at radius 2 is 1.02 bits per heavy atom. The minimum Gasteiger partial charge on any atom is -0.206 e. The van der Waals surface area contributed by atoms with Gasteiger partial charge in [-0.15, -0.1) is 45.3 Å². The molecule has 2 atom stereocenters. The van der Waals surface area contributed by atoms with Crippen molar-refractivity contribution in [2.45, 2.75) is 88.9 Å². The summed E-state index contributed by atoms with van der Waals surface area (Å²) >= 11 is 8.86. The Hall–Kier alpha value is -2.91. The van der Waals surface area contributed by atoms with Crippen LogP contribution >= 0.6 is 78.8 Å². The molecule has 8 aromatic rings. The van der Waals surface area contributed by atoms with Gasteiger partial charge in [-0.2, -0.15) is 27.5 Å². The third kappa shape index (κ3) is 6.96. The van der Waals surface area contributed by atoms with Crippen LogP contribution in [0.5, 0.6) is 0 Å². The van der Waals surface area contributed by atoms with Crippen molar-refractivity contribution in [1.29, 1.82) is 0 Å². The van der Waals surface area contributed by atoms with Crippen molar-refractivity contribution >= 4 is 101 Å². The van der Waals surface area contributed by atoms with Gasteiger partial charge in [0, 0.05) is 40.4 Å². The van der Waals surface area contributed by atoms with Crippen LogP contribution in [0.1, 0.15) is 79.1 Å². The maximum atomic E-state index is 16.7. The van der Waals surface area contributed by atoms with E-state index in [4.69, 9.17) is 17.5 Å². The van der Waals surface area contributed by atoms with E-state index in [-0.39, 0.29) is 11.6 Å². The van der Waals surface area contributed by atoms with Gasteiger partial charge in [0.2, 0.25) is 0 Å². The van der Waals surface area contributed by atoms with Gasteiger partial charge in [-0.25, -0.2) is 8.78 Å². The van der Waals surface area contributed by atoms with Crippen molar-refractivity contribution in [2.75, 3.05) is 11.5 Å². The molecular weight excluding hydrogens is 847 g/mol. The van der Waals surface area contributed by atoms with E-state index in [0.29, 0.717) is 34.0 Å². The Morgan fingerprint density at radius 3 is 1.40 bits per heavy atom. The molecule has 296 valence electrons. The minimum atomic E-state index is -1.62. The third-order valence-electron chi connectivity index (χ3n) is 11.6. The molecule has 13 heteroatoms. The van der Waals surface area contributed by atoms with E-state index in [1.807, 2.05) is 35.0 Å². The second kappa shape index (κ2) is 16.6. The standard InChI is InChI=1S/C44H44F2N4S7/c1-5-9-13-25(7-3)23-57(24-26(8-4)14-10-6-2)35-21-33(37-29(45)19-27(31-15-11-17-51-31)39-41(37)49-55-47-39)53-43(35)44-36(57)22-34(54-44)38-30(46)20-28(32-16-12-18-52-32)40-42(38)50-56-48-40/h11-12,15-22,25-26H,5-10,13-14,23-24H2,1-4H3. The highest BCUT2D eigenvalue weighted by Crippen LogP contribution is 2.77. The van der Waals surface area contributed by atoms with E-state index in [9.17, 15) is 0 Å². The Morgan fingerprint density at radius 1 is 0.579 bits per heavy atom. The second-order valence-corrected chi connectivity index (χ2v) is 23.5. The first-order chi connectivity index (χ1) is 27.9. The van der Waals surface area contributed by atoms with E-state index in [0.717, 1.165) is 89.5 Å². The van der Waals surface area contributed by atoms with Crippen molar-refractivity contribution in [3.05, 3.63) is 70.9 Å². The number of nitrogens with zero attached hydrogens (tertiary/aromatic N) is 4. The molecule has 0 bridgehead atoms. The summed E-state index contributed by atoms with van der Waals surface area (Å²) < 4.78 is 52.4. The molecular formula is C44H44F2N4S7. The summed E-state index contributed by atoms with van der Waals surface area (Å²) in [5.41, 5.74) is 5.45. The van der Waals surface area contributed by atoms with E-state index >= 15 is 8.78 Å². The smallest absolute Gasteiger partial charge is 0.134 e. The van der Waals surface area contributed by atoms with Crippen LogP contribution in [0, 0.1) is 23.5 Å². The summed E-state index contributed by atoms with van der Waals surface area (Å²) in [6.07, 6.45) is 9.38. The topological polar surface area (TPSA) is 51.6 Å². The summed E-state index contributed by atoms with van der Waals surface area (Å²) in [4.78, 5) is 9.03. The molecule has 1 aliphatic heterocycles. The first-order valence-corrected chi connectivity index (χ1v) is 26.8. The van der Waals surface area contributed by atoms with Crippen LogP contribution in [0.15, 0.2) is 69.1 Å². The maximum Gasteiger partial charge on any atom is 0.134 e. The fourth-order valence-electron chi connectivity index (χ4n) is 8.57. The first-order valence-electron chi connectivity index (χ1n) is 19.9. The van der Waals surface area contributed by atoms with Gasteiger partial charge in [0.25, 0.3) is 0 Å². The molecule has 57 heavy (non-hydrogen) atoms. The van der Waals surface area contributed by atoms with Crippen molar-refractivity contribution in [3.8, 4) is 51.5 Å². The monoisotopic (exact) mass is 890 g/mol. The van der Waals surface area contributed by atoms with Crippen LogP contribution in [0.3, 0.4) is 0 Å². The molecule has 0 radical (unpaired) electrons. The predicted octanol–water partition coefficient (Wildman–Crippen LogP) is 16.5. The Balaban J connectivity index is 1.27. The molecule has 0 saturated heterocycles. The lowest BCUT2D eigenvalue weighted by Gasteiger charge is -2.42. The van der Waals surface area contributed by atoms with Crippen LogP contribution in [0.2, 0.25) is 0 Å². The largest absolute Gasteiger partial charge is 0.206 e. The van der Waals surface area contributed by atoms with Crippen LogP contribution in [-0.2, 0) is 0 Å². The number of unbranched alkanes of at least 4 members (excludes halogenated alkanes) is 2. The quantitative estimate of drug-likeness (QED) is 0.0970. The minimum absolute atomic E-state index is 0.263. The normalized spacial score (nSPS) is 15.1. The lowest BCUT2D eigenvalue weighted by atomic mass is 10.0. The Kier molecular flexibility index (Phi) is 11.5. The average Bonchev–Trinajstić information content (AvgIpc) is 4.07. The maximum absolute atomic E-state index is 16.7. The van der Waals surface area contributed by atoms with E-state index in [2.05, 4.69) is 39.8 Å². The second-order valence-electron chi connectivity index (χ2n) is 15.1. The molecule has 1 aliphatic rings. The molecule has 9 rings (SSSR count). The van der Waals surface area contributed by atoms with E-state index in [1.165, 1.54) is 58.1 Å². The van der Waals surface area contributed by atoms with Gasteiger partial charge in [-0.3, -0.25) is 0 Å². The summed E-state index contributed by atoms with van der Waals surface area (Å²) in [6.45, 7) is 9.27. The van der Waals surface area contributed by atoms with Gasteiger partial charge < -0.3 is 0 Å². The van der Waals surface area contributed by atoms with Gasteiger partial charge in [0.15, 0.2) is 0 Å². The predicted molar refractivity (Wildman–Crippen MR) is 247 cm³/mol. The van der Waals surface area contributed by atoms with E-state index < -0.39 is 10.0 Å². The van der Waals surface area contributed by atoms with Gasteiger partial charge in [-0.1, -0.05) is 78.4 Å². The van der Waals surface area contributed by atoms with E-state index in [1.54, 1.807) is 57.5 Å². The first kappa shape index (κ1) is 39.5. The summed E-state index contributed by atoms with van der Waals surface area (Å²) in [7, 11) is -1.62. The summed E-state index contributed by atoms with van der Waals surface area (Å²) in [5.74, 6) is 2.78. The molecule has 0 N–H and O–H groups in total. The number of hydrogen-bond donors (Lipinski definition) is 0. The molecule has 0 amide bonds. The van der Waals surface area contributed by atoms with Gasteiger partial charge >= 0.3 is 0 Å². The van der Waals surface area contributed by atoms with Crippen LogP contribution in [-0.4, -0.2) is 29.0 Å². The van der Waals surface area contributed by atoms with Crippen molar-refractivity contribution in [3.63, 3.8) is 0 Å². The van der Waals surface area contributed by atoms with Crippen molar-refractivity contribution in [1.82, 2.24) is 17.5 Å². The Bertz CT molecular complexity index is 2470. The zero-order chi connectivity index (χ0) is 39.3. The number of fused-ring (bicyclic) bond motifs is 5. The van der Waals surface area contributed by atoms with Crippen molar-refractivity contribution < 1.29 is 8.78 Å².